The molecule has 29 heavy (non-hydrogen) atoms. The van der Waals surface area contributed by atoms with Crippen LogP contribution < -0.4 is 10.6 Å². The van der Waals surface area contributed by atoms with Gasteiger partial charge in [0.25, 0.3) is 0 Å². The maximum absolute atomic E-state index is 13.8. The monoisotopic (exact) mass is 427 g/mol. The fourth-order valence-corrected chi connectivity index (χ4v) is 7.12. The van der Waals surface area contributed by atoms with Crippen molar-refractivity contribution in [1.29, 1.82) is 0 Å². The van der Waals surface area contributed by atoms with Crippen molar-refractivity contribution in [2.45, 2.75) is 87.9 Å². The van der Waals surface area contributed by atoms with Gasteiger partial charge in [0.1, 0.15) is 17.3 Å². The SMILES string of the molecule is CC(C)(C)OC(=O)N1CC[C@@H](C(=O)NC2NC3CCC4CC(F)CCC4C3S2)C1. The number of fused-ring (bicyclic) bond motifs is 3. The Labute approximate surface area is 177 Å². The van der Waals surface area contributed by atoms with E-state index in [0.717, 1.165) is 19.3 Å². The molecule has 0 bridgehead atoms. The molecule has 4 aliphatic rings. The first kappa shape index (κ1) is 21.2. The van der Waals surface area contributed by atoms with Crippen molar-refractivity contribution in [2.24, 2.45) is 17.8 Å². The zero-order chi connectivity index (χ0) is 20.8. The smallest absolute Gasteiger partial charge is 0.410 e. The highest BCUT2D eigenvalue weighted by Crippen LogP contribution is 2.48. The molecule has 0 aromatic heterocycles. The highest BCUT2D eigenvalue weighted by Gasteiger charge is 2.48. The molecule has 4 fully saturated rings. The van der Waals surface area contributed by atoms with Gasteiger partial charge in [-0.15, -0.1) is 11.8 Å². The standard InChI is InChI=1S/C21H34FN3O3S/c1-21(2,3)28-20(27)25-9-8-13(11-25)18(26)24-19-23-16-7-4-12-10-14(22)5-6-15(12)17(16)29-19/h12-17,19,23H,4-11H2,1-3H3,(H,24,26)/t12?,13-,14?,15?,16?,17?,19?/m1/s1. The third kappa shape index (κ3) is 4.84. The van der Waals surface area contributed by atoms with Crippen LogP contribution in [0.15, 0.2) is 0 Å². The van der Waals surface area contributed by atoms with E-state index in [1.807, 2.05) is 32.5 Å². The average Bonchev–Trinajstić information content (AvgIpc) is 3.26. The molecule has 0 radical (unpaired) electrons. The van der Waals surface area contributed by atoms with Gasteiger partial charge in [-0.1, -0.05) is 0 Å². The van der Waals surface area contributed by atoms with Gasteiger partial charge in [0.2, 0.25) is 5.91 Å². The molecule has 2 heterocycles. The van der Waals surface area contributed by atoms with Gasteiger partial charge >= 0.3 is 6.09 Å². The van der Waals surface area contributed by atoms with E-state index in [0.29, 0.717) is 55.5 Å². The molecule has 2 amide bonds. The van der Waals surface area contributed by atoms with Crippen LogP contribution in [0.1, 0.15) is 59.3 Å². The van der Waals surface area contributed by atoms with Gasteiger partial charge in [-0.3, -0.25) is 10.1 Å². The van der Waals surface area contributed by atoms with Gasteiger partial charge in [-0.2, -0.15) is 0 Å². The highest BCUT2D eigenvalue weighted by molar-refractivity contribution is 8.00. The summed E-state index contributed by atoms with van der Waals surface area (Å²) in [4.78, 5) is 26.7. The largest absolute Gasteiger partial charge is 0.444 e. The molecule has 2 N–H and O–H groups in total. The van der Waals surface area contributed by atoms with Crippen molar-refractivity contribution in [3.8, 4) is 0 Å². The van der Waals surface area contributed by atoms with Crippen molar-refractivity contribution in [3.05, 3.63) is 0 Å². The van der Waals surface area contributed by atoms with E-state index in [9.17, 15) is 14.0 Å². The molecule has 0 aromatic carbocycles. The van der Waals surface area contributed by atoms with Crippen LogP contribution in [0, 0.1) is 17.8 Å². The van der Waals surface area contributed by atoms with E-state index >= 15 is 0 Å². The number of carbonyl (C=O) groups excluding carboxylic acids is 2. The lowest BCUT2D eigenvalue weighted by atomic mass is 9.68. The fourth-order valence-electron chi connectivity index (χ4n) is 5.40. The third-order valence-electron chi connectivity index (χ3n) is 6.79. The molecule has 2 saturated carbocycles. The van der Waals surface area contributed by atoms with Crippen molar-refractivity contribution in [1.82, 2.24) is 15.5 Å². The summed E-state index contributed by atoms with van der Waals surface area (Å²) in [6, 6.07) is 0.407. The molecule has 8 heteroatoms. The summed E-state index contributed by atoms with van der Waals surface area (Å²) in [5, 5.41) is 7.20. The van der Waals surface area contributed by atoms with E-state index < -0.39 is 11.8 Å². The molecule has 2 aliphatic carbocycles. The second kappa shape index (κ2) is 8.25. The van der Waals surface area contributed by atoms with Crippen LogP contribution in [0.5, 0.6) is 0 Å². The Bertz CT molecular complexity index is 643. The van der Waals surface area contributed by atoms with Gasteiger partial charge in [-0.05, 0) is 71.1 Å². The number of likely N-dealkylation sites (tertiary alicyclic amines) is 1. The number of carbonyl (C=O) groups is 2. The van der Waals surface area contributed by atoms with Crippen molar-refractivity contribution < 1.29 is 18.7 Å². The molecule has 7 atom stereocenters. The Morgan fingerprint density at radius 1 is 1.17 bits per heavy atom. The maximum atomic E-state index is 13.8. The molecule has 4 rings (SSSR count). The minimum absolute atomic E-state index is 0.00345. The minimum atomic E-state index is -0.627. The predicted octanol–water partition coefficient (Wildman–Crippen LogP) is 3.27. The molecule has 0 aromatic rings. The lowest BCUT2D eigenvalue weighted by molar-refractivity contribution is -0.124. The Morgan fingerprint density at radius 3 is 2.72 bits per heavy atom. The number of amides is 2. The summed E-state index contributed by atoms with van der Waals surface area (Å²) in [7, 11) is 0. The zero-order valence-corrected chi connectivity index (χ0v) is 18.5. The van der Waals surface area contributed by atoms with Crippen LogP contribution in [0.3, 0.4) is 0 Å². The quantitative estimate of drug-likeness (QED) is 0.708. The van der Waals surface area contributed by atoms with E-state index in [2.05, 4.69) is 10.6 Å². The zero-order valence-electron chi connectivity index (χ0n) is 17.7. The summed E-state index contributed by atoms with van der Waals surface area (Å²) in [5.41, 5.74) is -0.619. The number of halogens is 1. The fraction of sp³-hybridized carbons (Fsp3) is 0.905. The van der Waals surface area contributed by atoms with Crippen LogP contribution in [0.4, 0.5) is 9.18 Å². The number of alkyl halides is 1. The number of thioether (sulfide) groups is 1. The van der Waals surface area contributed by atoms with Gasteiger partial charge in [0.15, 0.2) is 0 Å². The Balaban J connectivity index is 1.27. The Hall–Kier alpha value is -1.02. The second-order valence-corrected chi connectivity index (χ2v) is 11.4. The van der Waals surface area contributed by atoms with Crippen LogP contribution in [0.25, 0.3) is 0 Å². The molecule has 0 spiro atoms. The predicted molar refractivity (Wildman–Crippen MR) is 111 cm³/mol. The molecule has 2 aliphatic heterocycles. The van der Waals surface area contributed by atoms with Crippen LogP contribution in [0.2, 0.25) is 0 Å². The number of rotatable bonds is 2. The van der Waals surface area contributed by atoms with Gasteiger partial charge < -0.3 is 15.0 Å². The van der Waals surface area contributed by atoms with E-state index in [1.165, 1.54) is 0 Å². The average molecular weight is 428 g/mol. The molecule has 2 saturated heterocycles. The van der Waals surface area contributed by atoms with Crippen LogP contribution >= 0.6 is 11.8 Å². The third-order valence-corrected chi connectivity index (χ3v) is 8.31. The molecular weight excluding hydrogens is 393 g/mol. The number of nitrogens with zero attached hydrogens (tertiary/aromatic N) is 1. The summed E-state index contributed by atoms with van der Waals surface area (Å²) in [5.74, 6) is 0.876. The van der Waals surface area contributed by atoms with E-state index in [-0.39, 0.29) is 23.4 Å². The molecular formula is C21H34FN3O3S. The summed E-state index contributed by atoms with van der Waals surface area (Å²) in [6.45, 7) is 6.50. The summed E-state index contributed by atoms with van der Waals surface area (Å²) in [6.07, 6.45) is 4.22. The van der Waals surface area contributed by atoms with Crippen LogP contribution in [-0.2, 0) is 9.53 Å². The molecule has 6 unspecified atom stereocenters. The lowest BCUT2D eigenvalue weighted by Crippen LogP contribution is -2.48. The number of hydrogen-bond acceptors (Lipinski definition) is 5. The Morgan fingerprint density at radius 2 is 1.97 bits per heavy atom. The second-order valence-electron chi connectivity index (χ2n) is 10.1. The maximum Gasteiger partial charge on any atom is 0.410 e. The highest BCUT2D eigenvalue weighted by atomic mass is 32.2. The van der Waals surface area contributed by atoms with E-state index in [4.69, 9.17) is 4.74 Å². The summed E-state index contributed by atoms with van der Waals surface area (Å²) < 4.78 is 19.2. The minimum Gasteiger partial charge on any atom is -0.444 e. The number of nitrogens with one attached hydrogen (secondary N) is 2. The van der Waals surface area contributed by atoms with Crippen molar-refractivity contribution in [2.75, 3.05) is 13.1 Å². The first-order valence-corrected chi connectivity index (χ1v) is 12.0. The van der Waals surface area contributed by atoms with Crippen molar-refractivity contribution >= 4 is 23.8 Å². The van der Waals surface area contributed by atoms with E-state index in [1.54, 1.807) is 4.90 Å². The topological polar surface area (TPSA) is 70.7 Å². The molecule has 164 valence electrons. The van der Waals surface area contributed by atoms with Crippen LogP contribution in [-0.4, -0.2) is 58.6 Å². The lowest BCUT2D eigenvalue weighted by Gasteiger charge is -2.42. The van der Waals surface area contributed by atoms with Crippen molar-refractivity contribution in [3.63, 3.8) is 0 Å². The first-order chi connectivity index (χ1) is 13.7. The van der Waals surface area contributed by atoms with Gasteiger partial charge in [0, 0.05) is 24.4 Å². The van der Waals surface area contributed by atoms with Gasteiger partial charge in [-0.25, -0.2) is 9.18 Å². The normalized spacial score (nSPS) is 39.6. The molecule has 6 nitrogen and oxygen atoms in total. The first-order valence-electron chi connectivity index (χ1n) is 11.0. The number of ether oxygens (including phenoxy) is 1. The summed E-state index contributed by atoms with van der Waals surface area (Å²) >= 11 is 1.81. The number of hydrogen-bond donors (Lipinski definition) is 2. The van der Waals surface area contributed by atoms with Gasteiger partial charge in [0.05, 0.1) is 5.92 Å². The Kier molecular flexibility index (Phi) is 6.04.